The average Bonchev–Trinajstić information content (AvgIpc) is 3.49. The minimum Gasteiger partial charge on any atom is -0.470 e. The maximum absolute atomic E-state index is 14.0. The zero-order valence-corrected chi connectivity index (χ0v) is 18.8. The summed E-state index contributed by atoms with van der Waals surface area (Å²) in [5.41, 5.74) is 0.690. The molecule has 180 valence electrons. The molecule has 0 spiro atoms. The van der Waals surface area contributed by atoms with Gasteiger partial charge in [-0.1, -0.05) is 12.1 Å². The molecule has 1 saturated carbocycles. The van der Waals surface area contributed by atoms with Crippen molar-refractivity contribution in [1.82, 2.24) is 19.7 Å². The van der Waals surface area contributed by atoms with Gasteiger partial charge in [-0.25, -0.2) is 27.5 Å². The first-order chi connectivity index (χ1) is 16.7. The van der Waals surface area contributed by atoms with Crippen molar-refractivity contribution in [2.24, 2.45) is 0 Å². The van der Waals surface area contributed by atoms with E-state index in [9.17, 15) is 22.4 Å². The van der Waals surface area contributed by atoms with Crippen LogP contribution in [-0.2, 0) is 12.1 Å². The van der Waals surface area contributed by atoms with Crippen molar-refractivity contribution in [2.45, 2.75) is 38.8 Å². The first kappa shape index (κ1) is 22.8. The Morgan fingerprint density at radius 3 is 2.40 bits per heavy atom. The zero-order valence-electron chi connectivity index (χ0n) is 18.8. The van der Waals surface area contributed by atoms with Crippen molar-refractivity contribution in [2.75, 3.05) is 0 Å². The van der Waals surface area contributed by atoms with Crippen LogP contribution in [0.25, 0.3) is 5.65 Å². The number of carbonyl (C=O) groups excluding carboxylic acids is 1. The number of imidazole rings is 1. The quantitative estimate of drug-likeness (QED) is 0.396. The summed E-state index contributed by atoms with van der Waals surface area (Å²) in [6, 6.07) is 7.09. The van der Waals surface area contributed by atoms with Crippen LogP contribution in [0.3, 0.4) is 0 Å². The van der Waals surface area contributed by atoms with Gasteiger partial charge < -0.3 is 10.1 Å². The molecule has 6 nitrogen and oxygen atoms in total. The van der Waals surface area contributed by atoms with Crippen LogP contribution in [0.1, 0.15) is 45.8 Å². The van der Waals surface area contributed by atoms with E-state index in [1.807, 2.05) is 0 Å². The van der Waals surface area contributed by atoms with E-state index in [4.69, 9.17) is 4.74 Å². The lowest BCUT2D eigenvalue weighted by molar-refractivity contribution is 0.0924. The molecule has 2 aromatic carbocycles. The van der Waals surface area contributed by atoms with Crippen molar-refractivity contribution in [3.05, 3.63) is 94.1 Å². The van der Waals surface area contributed by atoms with E-state index in [1.54, 1.807) is 20.0 Å². The van der Waals surface area contributed by atoms with Gasteiger partial charge in [0.2, 0.25) is 5.65 Å². The maximum atomic E-state index is 14.0. The van der Waals surface area contributed by atoms with E-state index in [1.165, 1.54) is 16.5 Å². The number of benzene rings is 2. The number of hydrogen-bond acceptors (Lipinski definition) is 4. The third-order valence-corrected chi connectivity index (χ3v) is 6.08. The Balaban J connectivity index is 1.46. The van der Waals surface area contributed by atoms with Crippen LogP contribution in [-0.4, -0.2) is 20.3 Å². The number of carbonyl (C=O) groups is 1. The van der Waals surface area contributed by atoms with Crippen molar-refractivity contribution in [1.29, 1.82) is 0 Å². The average molecular weight is 484 g/mol. The molecule has 1 amide bonds. The van der Waals surface area contributed by atoms with Gasteiger partial charge in [0.1, 0.15) is 23.9 Å². The molecule has 2 aromatic heterocycles. The van der Waals surface area contributed by atoms with Gasteiger partial charge in [0, 0.05) is 6.20 Å². The van der Waals surface area contributed by atoms with E-state index in [2.05, 4.69) is 15.3 Å². The SMILES string of the molecule is Cc1cn2c(C(=O)NC3(c4ccc(F)c(F)c4)CC3)c(C)nc2c(OCc2c(F)cccc2F)n1. The molecule has 2 heterocycles. The minimum absolute atomic E-state index is 0.0107. The summed E-state index contributed by atoms with van der Waals surface area (Å²) in [5, 5.41) is 2.93. The maximum Gasteiger partial charge on any atom is 0.270 e. The normalized spacial score (nSPS) is 14.2. The van der Waals surface area contributed by atoms with Crippen molar-refractivity contribution < 1.29 is 27.1 Å². The molecule has 10 heteroatoms. The molecule has 1 aliphatic carbocycles. The summed E-state index contributed by atoms with van der Waals surface area (Å²) >= 11 is 0. The summed E-state index contributed by atoms with van der Waals surface area (Å²) in [6.07, 6.45) is 2.74. The molecule has 0 radical (unpaired) electrons. The largest absolute Gasteiger partial charge is 0.470 e. The van der Waals surface area contributed by atoms with E-state index in [0.29, 0.717) is 29.8 Å². The lowest BCUT2D eigenvalue weighted by atomic mass is 10.0. The molecule has 0 saturated heterocycles. The van der Waals surface area contributed by atoms with Gasteiger partial charge >= 0.3 is 0 Å². The molecule has 0 unspecified atom stereocenters. The van der Waals surface area contributed by atoms with Gasteiger partial charge in [0.15, 0.2) is 11.6 Å². The fourth-order valence-electron chi connectivity index (χ4n) is 4.11. The fourth-order valence-corrected chi connectivity index (χ4v) is 4.11. The third-order valence-electron chi connectivity index (χ3n) is 6.08. The van der Waals surface area contributed by atoms with Gasteiger partial charge in [-0.2, -0.15) is 0 Å². The van der Waals surface area contributed by atoms with Gasteiger partial charge in [0.05, 0.1) is 22.5 Å². The molecule has 4 aromatic rings. The molecule has 1 N–H and O–H groups in total. The smallest absolute Gasteiger partial charge is 0.270 e. The van der Waals surface area contributed by atoms with E-state index in [0.717, 1.165) is 24.3 Å². The molecule has 0 atom stereocenters. The number of aromatic nitrogens is 3. The summed E-state index contributed by atoms with van der Waals surface area (Å²) in [6.45, 7) is 2.89. The topological polar surface area (TPSA) is 68.5 Å². The van der Waals surface area contributed by atoms with Crippen molar-refractivity contribution in [3.63, 3.8) is 0 Å². The van der Waals surface area contributed by atoms with Crippen LogP contribution in [0.2, 0.25) is 0 Å². The number of aryl methyl sites for hydroxylation is 2. The number of nitrogens with zero attached hydrogens (tertiary/aromatic N) is 3. The molecule has 1 aliphatic rings. The summed E-state index contributed by atoms with van der Waals surface area (Å²) in [7, 11) is 0. The lowest BCUT2D eigenvalue weighted by Gasteiger charge is -2.18. The van der Waals surface area contributed by atoms with Crippen molar-refractivity contribution >= 4 is 11.6 Å². The molecule has 1 fully saturated rings. The monoisotopic (exact) mass is 484 g/mol. The van der Waals surface area contributed by atoms with Crippen LogP contribution in [0, 0.1) is 37.1 Å². The lowest BCUT2D eigenvalue weighted by Crippen LogP contribution is -2.36. The van der Waals surface area contributed by atoms with Crippen LogP contribution < -0.4 is 10.1 Å². The number of nitrogens with one attached hydrogen (secondary N) is 1. The highest BCUT2D eigenvalue weighted by Gasteiger charge is 2.46. The Kier molecular flexibility index (Phi) is 5.46. The fraction of sp³-hybridized carbons (Fsp3) is 0.240. The molecule has 35 heavy (non-hydrogen) atoms. The molecule has 0 aliphatic heterocycles. The number of halogens is 4. The van der Waals surface area contributed by atoms with Crippen LogP contribution in [0.4, 0.5) is 17.6 Å². The van der Waals surface area contributed by atoms with E-state index >= 15 is 0 Å². The number of amides is 1. The number of rotatable bonds is 6. The summed E-state index contributed by atoms with van der Waals surface area (Å²) in [4.78, 5) is 22.0. The highest BCUT2D eigenvalue weighted by molar-refractivity contribution is 5.95. The van der Waals surface area contributed by atoms with Gasteiger partial charge in [-0.15, -0.1) is 0 Å². The van der Waals surface area contributed by atoms with Crippen LogP contribution in [0.5, 0.6) is 5.88 Å². The highest BCUT2D eigenvalue weighted by Crippen LogP contribution is 2.46. The number of ether oxygens (including phenoxy) is 1. The van der Waals surface area contributed by atoms with E-state index < -0.39 is 41.3 Å². The van der Waals surface area contributed by atoms with Crippen LogP contribution >= 0.6 is 0 Å². The second-order valence-electron chi connectivity index (χ2n) is 8.58. The summed E-state index contributed by atoms with van der Waals surface area (Å²) < 4.78 is 62.3. The first-order valence-corrected chi connectivity index (χ1v) is 10.9. The first-order valence-electron chi connectivity index (χ1n) is 10.9. The predicted octanol–water partition coefficient (Wildman–Crippen LogP) is 4.90. The standard InChI is InChI=1S/C25H20F4N4O2/c1-13-11-33-21(23(34)32-25(8-9-25)15-6-7-19(28)20(29)10-15)14(2)31-22(33)24(30-13)35-12-16-17(26)4-3-5-18(16)27/h3-7,10-11H,8-9,12H2,1-2H3,(H,32,34). The van der Waals surface area contributed by atoms with Gasteiger partial charge in [-0.05, 0) is 56.5 Å². The minimum atomic E-state index is -0.983. The van der Waals surface area contributed by atoms with Gasteiger partial charge in [0.25, 0.3) is 11.8 Å². The molecular formula is C25H20F4N4O2. The number of fused-ring (bicyclic) bond motifs is 1. The van der Waals surface area contributed by atoms with Gasteiger partial charge in [-0.3, -0.25) is 9.20 Å². The second-order valence-corrected chi connectivity index (χ2v) is 8.58. The Morgan fingerprint density at radius 2 is 1.74 bits per heavy atom. The predicted molar refractivity (Wildman–Crippen MR) is 118 cm³/mol. The zero-order chi connectivity index (χ0) is 24.9. The Morgan fingerprint density at radius 1 is 1.03 bits per heavy atom. The number of hydrogen-bond donors (Lipinski definition) is 1. The van der Waals surface area contributed by atoms with E-state index in [-0.39, 0.29) is 22.8 Å². The molecular weight excluding hydrogens is 464 g/mol. The third kappa shape index (κ3) is 4.09. The Labute approximate surface area is 197 Å². The van der Waals surface area contributed by atoms with Crippen LogP contribution in [0.15, 0.2) is 42.6 Å². The Hall–Kier alpha value is -3.95. The summed E-state index contributed by atoms with van der Waals surface area (Å²) in [5.74, 6) is -3.89. The molecule has 0 bridgehead atoms. The Bertz CT molecular complexity index is 1460. The second kappa shape index (κ2) is 8.37. The molecule has 5 rings (SSSR count). The van der Waals surface area contributed by atoms with Crippen molar-refractivity contribution in [3.8, 4) is 5.88 Å². The highest BCUT2D eigenvalue weighted by atomic mass is 19.2.